The number of aromatic nitrogens is 1. The van der Waals surface area contributed by atoms with Gasteiger partial charge >= 0.3 is 6.09 Å². The van der Waals surface area contributed by atoms with Crippen LogP contribution >= 0.6 is 11.3 Å². The molecule has 0 fully saturated rings. The third-order valence-corrected chi connectivity index (χ3v) is 3.61. The summed E-state index contributed by atoms with van der Waals surface area (Å²) in [6.45, 7) is 1.77. The Balaban J connectivity index is 2.23. The molecule has 2 rings (SSSR count). The quantitative estimate of drug-likeness (QED) is 0.841. The van der Waals surface area contributed by atoms with Gasteiger partial charge in [-0.15, -0.1) is 11.3 Å². The van der Waals surface area contributed by atoms with E-state index in [1.165, 1.54) is 11.3 Å². The second kappa shape index (κ2) is 5.62. The zero-order chi connectivity index (χ0) is 13.8. The third-order valence-electron chi connectivity index (χ3n) is 2.72. The predicted octanol–water partition coefficient (Wildman–Crippen LogP) is 2.95. The molecule has 98 valence electrons. The number of thiazole rings is 1. The molecule has 2 aromatic rings. The van der Waals surface area contributed by atoms with Gasteiger partial charge in [0.25, 0.3) is 0 Å². The number of amides is 1. The molecular weight excluding hydrogens is 264 g/mol. The van der Waals surface area contributed by atoms with Gasteiger partial charge in [-0.25, -0.2) is 9.78 Å². The number of nitrogens with one attached hydrogen (secondary N) is 1. The third kappa shape index (κ3) is 2.97. The summed E-state index contributed by atoms with van der Waals surface area (Å²) in [5.41, 5.74) is 3.82. The first-order valence-corrected chi connectivity index (χ1v) is 6.48. The van der Waals surface area contributed by atoms with Crippen LogP contribution in [0.4, 0.5) is 4.79 Å². The molecule has 5 nitrogen and oxygen atoms in total. The van der Waals surface area contributed by atoms with Gasteiger partial charge < -0.3 is 10.4 Å². The highest BCUT2D eigenvalue weighted by molar-refractivity contribution is 7.13. The van der Waals surface area contributed by atoms with Gasteiger partial charge in [0.2, 0.25) is 0 Å². The van der Waals surface area contributed by atoms with Crippen LogP contribution in [-0.4, -0.2) is 22.5 Å². The van der Waals surface area contributed by atoms with E-state index < -0.39 is 6.09 Å². The highest BCUT2D eigenvalue weighted by Gasteiger charge is 2.10. The lowest BCUT2D eigenvalue weighted by Gasteiger charge is -2.12. The molecule has 0 saturated carbocycles. The Morgan fingerprint density at radius 2 is 2.11 bits per heavy atom. The highest BCUT2D eigenvalue weighted by atomic mass is 32.1. The molecule has 0 spiro atoms. The van der Waals surface area contributed by atoms with Crippen molar-refractivity contribution in [2.75, 3.05) is 0 Å². The number of carbonyl (C=O) groups excluding carboxylic acids is 1. The molecule has 1 atom stereocenters. The Morgan fingerprint density at radius 3 is 2.68 bits per heavy atom. The van der Waals surface area contributed by atoms with Gasteiger partial charge in [-0.05, 0) is 18.1 Å². The van der Waals surface area contributed by atoms with Crippen molar-refractivity contribution >= 4 is 23.7 Å². The monoisotopic (exact) mass is 276 g/mol. The van der Waals surface area contributed by atoms with E-state index in [-0.39, 0.29) is 6.04 Å². The van der Waals surface area contributed by atoms with E-state index in [0.29, 0.717) is 5.69 Å². The van der Waals surface area contributed by atoms with Crippen molar-refractivity contribution in [2.45, 2.75) is 13.0 Å². The second-order valence-electron chi connectivity index (χ2n) is 3.98. The molecule has 6 heteroatoms. The number of carbonyl (C=O) groups is 2. The topological polar surface area (TPSA) is 79.3 Å². The van der Waals surface area contributed by atoms with Crippen LogP contribution < -0.4 is 5.32 Å². The zero-order valence-electron chi connectivity index (χ0n) is 10.2. The molecule has 0 radical (unpaired) electrons. The summed E-state index contributed by atoms with van der Waals surface area (Å²) in [6, 6.07) is 7.11. The maximum absolute atomic E-state index is 10.8. The molecule has 0 bridgehead atoms. The van der Waals surface area contributed by atoms with E-state index in [0.717, 1.165) is 22.3 Å². The summed E-state index contributed by atoms with van der Waals surface area (Å²) < 4.78 is 0. The zero-order valence-corrected chi connectivity index (χ0v) is 11.0. The van der Waals surface area contributed by atoms with Crippen LogP contribution in [0.3, 0.4) is 0 Å². The average Bonchev–Trinajstić information content (AvgIpc) is 2.86. The number of rotatable bonds is 4. The van der Waals surface area contributed by atoms with E-state index in [1.54, 1.807) is 12.4 Å². The van der Waals surface area contributed by atoms with Gasteiger partial charge in [0.1, 0.15) is 5.69 Å². The Bertz CT molecular complexity index is 592. The standard InChI is InChI=1S/C13H12N2O3S/c1-8(15-13(17)18)9-2-4-10(5-3-9)12-11(6-16)14-7-19-12/h2-8,15H,1H3,(H,17,18)/t8-/m0/s1. The van der Waals surface area contributed by atoms with E-state index >= 15 is 0 Å². The van der Waals surface area contributed by atoms with Gasteiger partial charge in [0, 0.05) is 0 Å². The Labute approximate surface area is 113 Å². The van der Waals surface area contributed by atoms with Crippen molar-refractivity contribution in [3.63, 3.8) is 0 Å². The van der Waals surface area contributed by atoms with Gasteiger partial charge in [-0.2, -0.15) is 0 Å². The molecule has 0 aliphatic carbocycles. The minimum absolute atomic E-state index is 0.279. The number of carboxylic acid groups (broad SMARTS) is 1. The molecule has 0 unspecified atom stereocenters. The van der Waals surface area contributed by atoms with Crippen molar-refractivity contribution < 1.29 is 14.7 Å². The summed E-state index contributed by atoms with van der Waals surface area (Å²) in [6.07, 6.45) is -0.323. The van der Waals surface area contributed by atoms with Crippen LogP contribution in [0.5, 0.6) is 0 Å². The Hall–Kier alpha value is -2.21. The first-order chi connectivity index (χ1) is 9.11. The Morgan fingerprint density at radius 1 is 1.42 bits per heavy atom. The lowest BCUT2D eigenvalue weighted by atomic mass is 10.1. The fourth-order valence-corrected chi connectivity index (χ4v) is 2.51. The number of hydrogen-bond donors (Lipinski definition) is 2. The number of nitrogens with zero attached hydrogens (tertiary/aromatic N) is 1. The average molecular weight is 276 g/mol. The molecular formula is C13H12N2O3S. The van der Waals surface area contributed by atoms with Gasteiger partial charge in [-0.1, -0.05) is 24.3 Å². The van der Waals surface area contributed by atoms with E-state index in [2.05, 4.69) is 10.3 Å². The number of hydrogen-bond acceptors (Lipinski definition) is 4. The van der Waals surface area contributed by atoms with Crippen molar-refractivity contribution in [1.82, 2.24) is 10.3 Å². The molecule has 1 aromatic carbocycles. The summed E-state index contributed by atoms with van der Waals surface area (Å²) >= 11 is 1.40. The molecule has 0 aliphatic rings. The molecule has 0 saturated heterocycles. The highest BCUT2D eigenvalue weighted by Crippen LogP contribution is 2.27. The van der Waals surface area contributed by atoms with Crippen LogP contribution in [0, 0.1) is 0 Å². The smallest absolute Gasteiger partial charge is 0.405 e. The van der Waals surface area contributed by atoms with E-state index in [4.69, 9.17) is 5.11 Å². The maximum atomic E-state index is 10.8. The lowest BCUT2D eigenvalue weighted by molar-refractivity contribution is 0.112. The van der Waals surface area contributed by atoms with Crippen molar-refractivity contribution in [3.8, 4) is 10.4 Å². The van der Waals surface area contributed by atoms with Crippen LogP contribution in [0.1, 0.15) is 29.0 Å². The maximum Gasteiger partial charge on any atom is 0.405 e. The predicted molar refractivity (Wildman–Crippen MR) is 72.5 cm³/mol. The minimum Gasteiger partial charge on any atom is -0.465 e. The van der Waals surface area contributed by atoms with Crippen molar-refractivity contribution in [1.29, 1.82) is 0 Å². The van der Waals surface area contributed by atoms with Gasteiger partial charge in [0.15, 0.2) is 6.29 Å². The number of benzene rings is 1. The summed E-state index contributed by atoms with van der Waals surface area (Å²) in [7, 11) is 0. The largest absolute Gasteiger partial charge is 0.465 e. The molecule has 19 heavy (non-hydrogen) atoms. The van der Waals surface area contributed by atoms with Crippen LogP contribution in [0.15, 0.2) is 29.8 Å². The second-order valence-corrected chi connectivity index (χ2v) is 4.83. The molecule has 0 aliphatic heterocycles. The SMILES string of the molecule is C[C@H](NC(=O)O)c1ccc(-c2scnc2C=O)cc1. The molecule has 1 heterocycles. The lowest BCUT2D eigenvalue weighted by Crippen LogP contribution is -2.24. The fourth-order valence-electron chi connectivity index (χ4n) is 1.75. The number of aldehydes is 1. The van der Waals surface area contributed by atoms with E-state index in [9.17, 15) is 9.59 Å². The van der Waals surface area contributed by atoms with Crippen LogP contribution in [0.25, 0.3) is 10.4 Å². The fraction of sp³-hybridized carbons (Fsp3) is 0.154. The molecule has 1 amide bonds. The minimum atomic E-state index is -1.05. The van der Waals surface area contributed by atoms with Crippen LogP contribution in [0.2, 0.25) is 0 Å². The Kier molecular flexibility index (Phi) is 3.91. The van der Waals surface area contributed by atoms with Gasteiger partial charge in [-0.3, -0.25) is 4.79 Å². The summed E-state index contributed by atoms with van der Waals surface area (Å²) in [5, 5.41) is 11.0. The van der Waals surface area contributed by atoms with Crippen molar-refractivity contribution in [3.05, 3.63) is 41.0 Å². The van der Waals surface area contributed by atoms with Gasteiger partial charge in [0.05, 0.1) is 16.4 Å². The first-order valence-electron chi connectivity index (χ1n) is 5.60. The van der Waals surface area contributed by atoms with E-state index in [1.807, 2.05) is 24.3 Å². The first kappa shape index (κ1) is 13.2. The summed E-state index contributed by atoms with van der Waals surface area (Å²) in [5.74, 6) is 0. The van der Waals surface area contributed by atoms with Crippen LogP contribution in [-0.2, 0) is 0 Å². The summed E-state index contributed by atoms with van der Waals surface area (Å²) in [4.78, 5) is 26.2. The molecule has 1 aromatic heterocycles. The van der Waals surface area contributed by atoms with Crippen molar-refractivity contribution in [2.24, 2.45) is 0 Å². The normalized spacial score (nSPS) is 11.8. The molecule has 2 N–H and O–H groups in total.